The molecule has 1 fully saturated rings. The van der Waals surface area contributed by atoms with E-state index < -0.39 is 5.97 Å². The molecule has 0 radical (unpaired) electrons. The van der Waals surface area contributed by atoms with Gasteiger partial charge in [-0.25, -0.2) is 0 Å². The number of rotatable bonds is 6. The van der Waals surface area contributed by atoms with E-state index in [4.69, 9.17) is 5.11 Å². The predicted molar refractivity (Wildman–Crippen MR) is 84.2 cm³/mol. The molecule has 1 heterocycles. The summed E-state index contributed by atoms with van der Waals surface area (Å²) in [6.45, 7) is 7.32. The fourth-order valence-electron chi connectivity index (χ4n) is 3.18. The molecule has 116 valence electrons. The lowest BCUT2D eigenvalue weighted by atomic mass is 10.0. The Morgan fingerprint density at radius 1 is 1.38 bits per heavy atom. The van der Waals surface area contributed by atoms with Gasteiger partial charge in [-0.15, -0.1) is 0 Å². The van der Waals surface area contributed by atoms with Gasteiger partial charge in [-0.05, 0) is 38.8 Å². The Morgan fingerprint density at radius 3 is 2.71 bits per heavy atom. The van der Waals surface area contributed by atoms with Crippen molar-refractivity contribution >= 4 is 5.97 Å². The first kappa shape index (κ1) is 16.0. The van der Waals surface area contributed by atoms with E-state index in [9.17, 15) is 4.79 Å². The van der Waals surface area contributed by atoms with E-state index >= 15 is 0 Å². The van der Waals surface area contributed by atoms with Crippen LogP contribution < -0.4 is 0 Å². The van der Waals surface area contributed by atoms with Gasteiger partial charge in [0.05, 0.1) is 6.54 Å². The average Bonchev–Trinajstić information content (AvgIpc) is 2.45. The smallest absolute Gasteiger partial charge is 0.317 e. The Bertz CT molecular complexity index is 447. The second kappa shape index (κ2) is 7.57. The molecule has 1 aliphatic heterocycles. The molecule has 1 aromatic carbocycles. The topological polar surface area (TPSA) is 43.8 Å². The Morgan fingerprint density at radius 2 is 2.10 bits per heavy atom. The summed E-state index contributed by atoms with van der Waals surface area (Å²) < 4.78 is 0. The Hall–Kier alpha value is -1.39. The van der Waals surface area contributed by atoms with Crippen LogP contribution in [0.4, 0.5) is 0 Å². The van der Waals surface area contributed by atoms with Gasteiger partial charge in [0.1, 0.15) is 0 Å². The average molecular weight is 290 g/mol. The number of nitrogens with zero attached hydrogens (tertiary/aromatic N) is 2. The molecule has 0 aliphatic carbocycles. The van der Waals surface area contributed by atoms with Gasteiger partial charge in [0.25, 0.3) is 0 Å². The molecule has 1 aliphatic rings. The van der Waals surface area contributed by atoms with Crippen LogP contribution in [0.1, 0.15) is 32.3 Å². The van der Waals surface area contributed by atoms with Crippen LogP contribution in [-0.4, -0.2) is 52.6 Å². The molecule has 1 atom stereocenters. The van der Waals surface area contributed by atoms with E-state index in [2.05, 4.69) is 47.9 Å². The van der Waals surface area contributed by atoms with Crippen LogP contribution in [0.3, 0.4) is 0 Å². The first-order valence-corrected chi connectivity index (χ1v) is 7.80. The van der Waals surface area contributed by atoms with E-state index in [1.54, 1.807) is 0 Å². The summed E-state index contributed by atoms with van der Waals surface area (Å²) in [5.41, 5.74) is 1.33. The summed E-state index contributed by atoms with van der Waals surface area (Å²) in [5, 5.41) is 9.11. The number of hydrogen-bond donors (Lipinski definition) is 1. The molecule has 1 N–H and O–H groups in total. The Kier molecular flexibility index (Phi) is 5.76. The minimum Gasteiger partial charge on any atom is -0.480 e. The standard InChI is InChI=1S/C17H26N2O2/c1-14(2)19(13-17(20)21)16-9-6-10-18(12-16)11-15-7-4-3-5-8-15/h3-5,7-8,14,16H,6,9-13H2,1-2H3,(H,20,21)/t16-/m1/s1. The number of carbonyl (C=O) groups is 1. The van der Waals surface area contributed by atoms with Gasteiger partial charge < -0.3 is 5.11 Å². The van der Waals surface area contributed by atoms with Crippen molar-refractivity contribution in [3.8, 4) is 0 Å². The molecule has 1 saturated heterocycles. The Balaban J connectivity index is 1.97. The molecule has 0 spiro atoms. The first-order valence-electron chi connectivity index (χ1n) is 7.80. The van der Waals surface area contributed by atoms with Crippen LogP contribution in [0.2, 0.25) is 0 Å². The number of carboxylic acids is 1. The summed E-state index contributed by atoms with van der Waals surface area (Å²) in [5.74, 6) is -0.733. The number of likely N-dealkylation sites (tertiary alicyclic amines) is 1. The van der Waals surface area contributed by atoms with Crippen LogP contribution in [0.5, 0.6) is 0 Å². The maximum absolute atomic E-state index is 11.1. The van der Waals surface area contributed by atoms with Crippen molar-refractivity contribution in [2.75, 3.05) is 19.6 Å². The highest BCUT2D eigenvalue weighted by Gasteiger charge is 2.28. The van der Waals surface area contributed by atoms with Gasteiger partial charge in [-0.1, -0.05) is 30.3 Å². The van der Waals surface area contributed by atoms with Gasteiger partial charge in [0.15, 0.2) is 0 Å². The predicted octanol–water partition coefficient (Wildman–Crippen LogP) is 2.45. The molecular formula is C17H26N2O2. The summed E-state index contributed by atoms with van der Waals surface area (Å²) in [4.78, 5) is 15.6. The highest BCUT2D eigenvalue weighted by Crippen LogP contribution is 2.19. The molecule has 0 amide bonds. The molecule has 1 aromatic rings. The van der Waals surface area contributed by atoms with Crippen molar-refractivity contribution in [1.29, 1.82) is 0 Å². The maximum Gasteiger partial charge on any atom is 0.317 e. The van der Waals surface area contributed by atoms with Crippen LogP contribution >= 0.6 is 0 Å². The largest absolute Gasteiger partial charge is 0.480 e. The monoisotopic (exact) mass is 290 g/mol. The van der Waals surface area contributed by atoms with Crippen molar-refractivity contribution < 1.29 is 9.90 Å². The van der Waals surface area contributed by atoms with Crippen molar-refractivity contribution in [3.63, 3.8) is 0 Å². The number of hydrogen-bond acceptors (Lipinski definition) is 3. The quantitative estimate of drug-likeness (QED) is 0.874. The van der Waals surface area contributed by atoms with Gasteiger partial charge >= 0.3 is 5.97 Å². The molecular weight excluding hydrogens is 264 g/mol. The lowest BCUT2D eigenvalue weighted by Crippen LogP contribution is -2.51. The zero-order valence-corrected chi connectivity index (χ0v) is 13.0. The number of piperidine rings is 1. The third kappa shape index (κ3) is 4.83. The lowest BCUT2D eigenvalue weighted by Gasteiger charge is -2.40. The fraction of sp³-hybridized carbons (Fsp3) is 0.588. The number of benzene rings is 1. The van der Waals surface area contributed by atoms with Crippen LogP contribution in [-0.2, 0) is 11.3 Å². The second-order valence-electron chi connectivity index (χ2n) is 6.18. The van der Waals surface area contributed by atoms with Crippen LogP contribution in [0, 0.1) is 0 Å². The van der Waals surface area contributed by atoms with Gasteiger partial charge in [-0.3, -0.25) is 14.6 Å². The van der Waals surface area contributed by atoms with Gasteiger partial charge in [0.2, 0.25) is 0 Å². The molecule has 21 heavy (non-hydrogen) atoms. The minimum atomic E-state index is -0.733. The van der Waals surface area contributed by atoms with E-state index in [-0.39, 0.29) is 12.6 Å². The van der Waals surface area contributed by atoms with Crippen molar-refractivity contribution in [2.45, 2.75) is 45.3 Å². The molecule has 4 nitrogen and oxygen atoms in total. The third-order valence-electron chi connectivity index (χ3n) is 4.18. The van der Waals surface area contributed by atoms with E-state index in [1.165, 1.54) is 5.56 Å². The molecule has 0 saturated carbocycles. The van der Waals surface area contributed by atoms with Crippen molar-refractivity contribution in [3.05, 3.63) is 35.9 Å². The van der Waals surface area contributed by atoms with Gasteiger partial charge in [0, 0.05) is 25.2 Å². The fourth-order valence-corrected chi connectivity index (χ4v) is 3.18. The lowest BCUT2D eigenvalue weighted by molar-refractivity contribution is -0.140. The second-order valence-corrected chi connectivity index (χ2v) is 6.18. The molecule has 4 heteroatoms. The molecule has 2 rings (SSSR count). The van der Waals surface area contributed by atoms with Crippen LogP contribution in [0.15, 0.2) is 30.3 Å². The summed E-state index contributed by atoms with van der Waals surface area (Å²) in [7, 11) is 0. The SMILES string of the molecule is CC(C)N(CC(=O)O)[C@@H]1CCCN(Cc2ccccc2)C1. The van der Waals surface area contributed by atoms with E-state index in [0.717, 1.165) is 32.5 Å². The molecule has 0 aromatic heterocycles. The first-order chi connectivity index (χ1) is 10.1. The highest BCUT2D eigenvalue weighted by molar-refractivity contribution is 5.69. The number of carboxylic acid groups (broad SMARTS) is 1. The van der Waals surface area contributed by atoms with E-state index in [1.807, 2.05) is 6.07 Å². The maximum atomic E-state index is 11.1. The van der Waals surface area contributed by atoms with Crippen molar-refractivity contribution in [1.82, 2.24) is 9.80 Å². The normalized spacial score (nSPS) is 20.1. The van der Waals surface area contributed by atoms with Gasteiger partial charge in [-0.2, -0.15) is 0 Å². The highest BCUT2D eigenvalue weighted by atomic mass is 16.4. The molecule has 0 unspecified atom stereocenters. The zero-order valence-electron chi connectivity index (χ0n) is 13.0. The number of aliphatic carboxylic acids is 1. The van der Waals surface area contributed by atoms with Crippen molar-refractivity contribution in [2.24, 2.45) is 0 Å². The Labute approximate surface area is 127 Å². The van der Waals surface area contributed by atoms with E-state index in [0.29, 0.717) is 6.04 Å². The summed E-state index contributed by atoms with van der Waals surface area (Å²) >= 11 is 0. The summed E-state index contributed by atoms with van der Waals surface area (Å²) in [6, 6.07) is 11.1. The van der Waals surface area contributed by atoms with Crippen LogP contribution in [0.25, 0.3) is 0 Å². The minimum absolute atomic E-state index is 0.140. The summed E-state index contributed by atoms with van der Waals surface area (Å²) in [6.07, 6.45) is 2.23. The zero-order chi connectivity index (χ0) is 15.2. The third-order valence-corrected chi connectivity index (χ3v) is 4.18. The molecule has 0 bridgehead atoms.